The number of hydrogen-bond acceptors (Lipinski definition) is 1. The van der Waals surface area contributed by atoms with E-state index in [2.05, 4.69) is 12.1 Å². The zero-order chi connectivity index (χ0) is 8.39. The average molecular weight is 160 g/mol. The molecule has 0 fully saturated rings. The van der Waals surface area contributed by atoms with Crippen LogP contribution in [0.5, 0.6) is 0 Å². The minimum atomic E-state index is -0.306. The lowest BCUT2D eigenvalue weighted by Gasteiger charge is -2.10. The molecule has 0 radical (unpaired) electrons. The van der Waals surface area contributed by atoms with Crippen molar-refractivity contribution < 1.29 is 5.11 Å². The van der Waals surface area contributed by atoms with Crippen molar-refractivity contribution in [1.29, 1.82) is 0 Å². The molecule has 0 spiro atoms. The van der Waals surface area contributed by atoms with Gasteiger partial charge in [0, 0.05) is 0 Å². The summed E-state index contributed by atoms with van der Waals surface area (Å²) >= 11 is 0. The van der Waals surface area contributed by atoms with Crippen molar-refractivity contribution in [2.45, 2.75) is 18.9 Å². The Bertz CT molecular complexity index is 302. The number of aliphatic hydroxyl groups is 1. The second-order valence-electron chi connectivity index (χ2n) is 3.13. The van der Waals surface area contributed by atoms with E-state index in [1.165, 1.54) is 5.56 Å². The summed E-state index contributed by atoms with van der Waals surface area (Å²) in [7, 11) is 0. The molecule has 12 heavy (non-hydrogen) atoms. The highest BCUT2D eigenvalue weighted by atomic mass is 16.3. The monoisotopic (exact) mass is 160 g/mol. The Morgan fingerprint density at radius 1 is 1.17 bits per heavy atom. The van der Waals surface area contributed by atoms with Gasteiger partial charge in [-0.05, 0) is 24.0 Å². The quantitative estimate of drug-likeness (QED) is 0.577. The number of rotatable bonds is 0. The second kappa shape index (κ2) is 3.11. The summed E-state index contributed by atoms with van der Waals surface area (Å²) < 4.78 is 0. The van der Waals surface area contributed by atoms with E-state index in [-0.39, 0.29) is 6.10 Å². The molecule has 2 rings (SSSR count). The third-order valence-corrected chi connectivity index (χ3v) is 2.28. The highest BCUT2D eigenvalue weighted by Crippen LogP contribution is 2.24. The number of allylic oxidation sites excluding steroid dienone is 1. The first-order valence-electron chi connectivity index (χ1n) is 4.29. The van der Waals surface area contributed by atoms with Crippen molar-refractivity contribution in [3.63, 3.8) is 0 Å². The third kappa shape index (κ3) is 1.28. The Kier molecular flexibility index (Phi) is 1.96. The molecule has 1 aromatic rings. The SMILES string of the molecule is O[C@H]1CC=CCc2ccccc21. The molecule has 0 unspecified atom stereocenters. The fraction of sp³-hybridized carbons (Fsp3) is 0.273. The maximum atomic E-state index is 9.69. The molecule has 1 atom stereocenters. The zero-order valence-electron chi connectivity index (χ0n) is 6.90. The van der Waals surface area contributed by atoms with Gasteiger partial charge in [0.1, 0.15) is 0 Å². The van der Waals surface area contributed by atoms with Gasteiger partial charge in [0.2, 0.25) is 0 Å². The van der Waals surface area contributed by atoms with Gasteiger partial charge in [-0.3, -0.25) is 0 Å². The zero-order valence-corrected chi connectivity index (χ0v) is 6.90. The van der Waals surface area contributed by atoms with Gasteiger partial charge in [-0.2, -0.15) is 0 Å². The molecule has 0 amide bonds. The minimum Gasteiger partial charge on any atom is -0.388 e. The maximum Gasteiger partial charge on any atom is 0.0827 e. The molecule has 0 aromatic heterocycles. The van der Waals surface area contributed by atoms with E-state index in [9.17, 15) is 5.11 Å². The molecule has 1 aromatic carbocycles. The van der Waals surface area contributed by atoms with Crippen LogP contribution in [0.4, 0.5) is 0 Å². The van der Waals surface area contributed by atoms with Crippen LogP contribution in [0.25, 0.3) is 0 Å². The highest BCUT2D eigenvalue weighted by molar-refractivity contribution is 5.32. The standard InChI is InChI=1S/C11H12O/c12-11-8-4-2-6-9-5-1-3-7-10(9)11/h1-5,7,11-12H,6,8H2/t11-/m0/s1. The van der Waals surface area contributed by atoms with E-state index in [4.69, 9.17) is 0 Å². The van der Waals surface area contributed by atoms with Gasteiger partial charge >= 0.3 is 0 Å². The van der Waals surface area contributed by atoms with Crippen LogP contribution in [0.2, 0.25) is 0 Å². The van der Waals surface area contributed by atoms with Gasteiger partial charge in [-0.25, -0.2) is 0 Å². The summed E-state index contributed by atoms with van der Waals surface area (Å²) in [6, 6.07) is 8.08. The van der Waals surface area contributed by atoms with Crippen LogP contribution in [0.3, 0.4) is 0 Å². The normalized spacial score (nSPS) is 21.6. The van der Waals surface area contributed by atoms with Gasteiger partial charge in [0.05, 0.1) is 6.10 Å². The predicted molar refractivity (Wildman–Crippen MR) is 48.9 cm³/mol. The van der Waals surface area contributed by atoms with E-state index in [0.717, 1.165) is 18.4 Å². The third-order valence-electron chi connectivity index (χ3n) is 2.28. The molecule has 1 aliphatic carbocycles. The van der Waals surface area contributed by atoms with Crippen LogP contribution in [0, 0.1) is 0 Å². The smallest absolute Gasteiger partial charge is 0.0827 e. The Morgan fingerprint density at radius 2 is 2.00 bits per heavy atom. The number of benzene rings is 1. The summed E-state index contributed by atoms with van der Waals surface area (Å²) in [5.41, 5.74) is 2.33. The topological polar surface area (TPSA) is 20.2 Å². The van der Waals surface area contributed by atoms with Crippen molar-refractivity contribution in [2.75, 3.05) is 0 Å². The summed E-state index contributed by atoms with van der Waals surface area (Å²) in [5.74, 6) is 0. The lowest BCUT2D eigenvalue weighted by molar-refractivity contribution is 0.181. The minimum absolute atomic E-state index is 0.306. The Labute approximate surface area is 72.4 Å². The predicted octanol–water partition coefficient (Wildman–Crippen LogP) is 2.22. The van der Waals surface area contributed by atoms with Crippen molar-refractivity contribution >= 4 is 0 Å². The van der Waals surface area contributed by atoms with Crippen molar-refractivity contribution in [3.05, 3.63) is 47.5 Å². The molecule has 1 N–H and O–H groups in total. The van der Waals surface area contributed by atoms with Crippen LogP contribution < -0.4 is 0 Å². The largest absolute Gasteiger partial charge is 0.388 e. The average Bonchev–Trinajstić information content (AvgIpc) is 2.29. The van der Waals surface area contributed by atoms with Gasteiger partial charge in [-0.1, -0.05) is 36.4 Å². The van der Waals surface area contributed by atoms with Gasteiger partial charge in [0.15, 0.2) is 0 Å². The molecule has 0 bridgehead atoms. The molecule has 0 saturated carbocycles. The van der Waals surface area contributed by atoms with Crippen molar-refractivity contribution in [1.82, 2.24) is 0 Å². The molecule has 1 heteroatoms. The first-order chi connectivity index (χ1) is 5.88. The Balaban J connectivity index is 2.45. The summed E-state index contributed by atoms with van der Waals surface area (Å²) in [6.45, 7) is 0. The van der Waals surface area contributed by atoms with Gasteiger partial charge in [-0.15, -0.1) is 0 Å². The molecule has 0 heterocycles. The molecular formula is C11H12O. The van der Waals surface area contributed by atoms with Crippen LogP contribution in [0.15, 0.2) is 36.4 Å². The first-order valence-corrected chi connectivity index (χ1v) is 4.29. The van der Waals surface area contributed by atoms with Crippen molar-refractivity contribution in [3.8, 4) is 0 Å². The van der Waals surface area contributed by atoms with Crippen molar-refractivity contribution in [2.24, 2.45) is 0 Å². The fourth-order valence-corrected chi connectivity index (χ4v) is 1.61. The van der Waals surface area contributed by atoms with E-state index in [1.54, 1.807) is 0 Å². The highest BCUT2D eigenvalue weighted by Gasteiger charge is 2.11. The van der Waals surface area contributed by atoms with E-state index in [1.807, 2.05) is 24.3 Å². The lowest BCUT2D eigenvalue weighted by atomic mass is 10.0. The van der Waals surface area contributed by atoms with E-state index >= 15 is 0 Å². The maximum absolute atomic E-state index is 9.69. The summed E-state index contributed by atoms with van der Waals surface area (Å²) in [4.78, 5) is 0. The van der Waals surface area contributed by atoms with Gasteiger partial charge in [0.25, 0.3) is 0 Å². The lowest BCUT2D eigenvalue weighted by Crippen LogP contribution is -1.97. The van der Waals surface area contributed by atoms with Crippen LogP contribution in [-0.4, -0.2) is 5.11 Å². The number of fused-ring (bicyclic) bond motifs is 1. The molecular weight excluding hydrogens is 148 g/mol. The van der Waals surface area contributed by atoms with E-state index in [0.29, 0.717) is 0 Å². The molecule has 0 aliphatic heterocycles. The summed E-state index contributed by atoms with van der Waals surface area (Å²) in [5, 5.41) is 9.69. The van der Waals surface area contributed by atoms with Crippen LogP contribution in [-0.2, 0) is 6.42 Å². The Morgan fingerprint density at radius 3 is 2.92 bits per heavy atom. The first kappa shape index (κ1) is 7.56. The Hall–Kier alpha value is -1.08. The molecule has 1 nitrogen and oxygen atoms in total. The number of aliphatic hydroxyl groups excluding tert-OH is 1. The number of hydrogen-bond donors (Lipinski definition) is 1. The fourth-order valence-electron chi connectivity index (χ4n) is 1.61. The second-order valence-corrected chi connectivity index (χ2v) is 3.13. The molecule has 0 saturated heterocycles. The van der Waals surface area contributed by atoms with E-state index < -0.39 is 0 Å². The van der Waals surface area contributed by atoms with Crippen LogP contribution in [0.1, 0.15) is 23.7 Å². The summed E-state index contributed by atoms with van der Waals surface area (Å²) in [6.07, 6.45) is 5.56. The van der Waals surface area contributed by atoms with Gasteiger partial charge < -0.3 is 5.11 Å². The molecule has 1 aliphatic rings. The van der Waals surface area contributed by atoms with Crippen LogP contribution >= 0.6 is 0 Å². The molecule has 62 valence electrons.